The molecular weight excluding hydrogens is 575 g/mol. The van der Waals surface area contributed by atoms with Gasteiger partial charge in [-0.25, -0.2) is 4.79 Å². The van der Waals surface area contributed by atoms with E-state index < -0.39 is 39.7 Å². The summed E-state index contributed by atoms with van der Waals surface area (Å²) >= 11 is 18.3. The number of benzene rings is 1. The first-order valence-corrected chi connectivity index (χ1v) is 14.3. The lowest BCUT2D eigenvalue weighted by molar-refractivity contribution is -0.162. The maximum atomic E-state index is 13.2. The quantitative estimate of drug-likeness (QED) is 0.142. The number of carbonyl (C=O) groups excluding carboxylic acids is 3. The molecule has 0 saturated carbocycles. The van der Waals surface area contributed by atoms with Gasteiger partial charge in [0.25, 0.3) is 0 Å². The van der Waals surface area contributed by atoms with E-state index in [0.29, 0.717) is 10.6 Å². The number of aromatic nitrogens is 2. The fourth-order valence-corrected chi connectivity index (χ4v) is 6.81. The smallest absolute Gasteiger partial charge is 0.333 e. The third kappa shape index (κ3) is 7.50. The molecule has 1 aliphatic heterocycles. The van der Waals surface area contributed by atoms with Crippen molar-refractivity contribution in [2.45, 2.75) is 46.5 Å². The second-order valence-corrected chi connectivity index (χ2v) is 13.4. The second kappa shape index (κ2) is 12.2. The highest BCUT2D eigenvalue weighted by Crippen LogP contribution is 2.44. The van der Waals surface area contributed by atoms with Crippen LogP contribution in [0.25, 0.3) is 0 Å². The number of esters is 1. The van der Waals surface area contributed by atoms with Crippen molar-refractivity contribution in [2.75, 3.05) is 6.61 Å². The van der Waals surface area contributed by atoms with Crippen molar-refractivity contribution in [3.05, 3.63) is 52.9 Å². The zero-order valence-electron chi connectivity index (χ0n) is 18.6. The van der Waals surface area contributed by atoms with E-state index in [-0.39, 0.29) is 12.3 Å². The van der Waals surface area contributed by atoms with Crippen LogP contribution >= 0.6 is 67.9 Å². The van der Waals surface area contributed by atoms with Gasteiger partial charge in [-0.3, -0.25) is 9.59 Å². The molecule has 14 heteroatoms. The van der Waals surface area contributed by atoms with Crippen molar-refractivity contribution in [3.63, 3.8) is 0 Å². The van der Waals surface area contributed by atoms with Crippen LogP contribution in [0.15, 0.2) is 47.5 Å². The van der Waals surface area contributed by atoms with Gasteiger partial charge < -0.3 is 15.0 Å². The number of alkyl halides is 3. The number of ether oxygens (including phenoxy) is 1. The zero-order chi connectivity index (χ0) is 25.8. The van der Waals surface area contributed by atoms with Gasteiger partial charge in [-0.05, 0) is 47.3 Å². The number of rotatable bonds is 10. The summed E-state index contributed by atoms with van der Waals surface area (Å²) in [7, 11) is 2.57. The van der Waals surface area contributed by atoms with Crippen LogP contribution in [-0.4, -0.2) is 60.1 Å². The highest BCUT2D eigenvalue weighted by atomic mass is 35.6. The molecule has 0 spiro atoms. The number of likely N-dealkylation sites (tertiary alicyclic amines) is 1. The SMILES string of the molecule is C=C(C)C(C(=O)OCC(Cl)(Cl)Cl)N1C(=O)C(NC(=O)Cc2ccccc2)C1SSc1nnsc1C. The van der Waals surface area contributed by atoms with Crippen molar-refractivity contribution in [2.24, 2.45) is 0 Å². The maximum Gasteiger partial charge on any atom is 0.333 e. The number of hydrogen-bond donors (Lipinski definition) is 1. The molecule has 0 radical (unpaired) electrons. The number of hydrogen-bond acceptors (Lipinski definition) is 9. The highest BCUT2D eigenvalue weighted by Gasteiger charge is 2.54. The molecule has 2 aromatic rings. The number of carbonyl (C=O) groups is 3. The van der Waals surface area contributed by atoms with Crippen molar-refractivity contribution in [3.8, 4) is 0 Å². The van der Waals surface area contributed by atoms with E-state index in [1.165, 1.54) is 38.0 Å². The molecule has 1 saturated heterocycles. The van der Waals surface area contributed by atoms with Crippen LogP contribution < -0.4 is 5.32 Å². The number of nitrogens with zero attached hydrogens (tertiary/aromatic N) is 3. The Labute approximate surface area is 229 Å². The first-order valence-electron chi connectivity index (χ1n) is 10.1. The third-order valence-corrected chi connectivity index (χ3v) is 8.57. The summed E-state index contributed by atoms with van der Waals surface area (Å²) < 4.78 is 7.24. The molecule has 35 heavy (non-hydrogen) atoms. The van der Waals surface area contributed by atoms with Gasteiger partial charge in [-0.2, -0.15) is 0 Å². The Morgan fingerprint density at radius 2 is 2.00 bits per heavy atom. The molecule has 1 aromatic heterocycles. The Balaban J connectivity index is 1.78. The van der Waals surface area contributed by atoms with Crippen LogP contribution in [0, 0.1) is 6.92 Å². The van der Waals surface area contributed by atoms with E-state index in [1.54, 1.807) is 6.92 Å². The monoisotopic (exact) mass is 594 g/mol. The molecule has 1 N–H and O–H groups in total. The van der Waals surface area contributed by atoms with Crippen molar-refractivity contribution in [1.29, 1.82) is 0 Å². The molecule has 1 aromatic carbocycles. The molecule has 1 aliphatic rings. The van der Waals surface area contributed by atoms with Crippen LogP contribution in [0.5, 0.6) is 0 Å². The minimum atomic E-state index is -1.80. The summed E-state index contributed by atoms with van der Waals surface area (Å²) in [4.78, 5) is 40.9. The lowest BCUT2D eigenvalue weighted by Gasteiger charge is -2.49. The summed E-state index contributed by atoms with van der Waals surface area (Å²) in [6.45, 7) is 6.82. The van der Waals surface area contributed by atoms with Crippen molar-refractivity contribution >= 4 is 85.7 Å². The van der Waals surface area contributed by atoms with Gasteiger partial charge in [0.15, 0.2) is 6.04 Å². The highest BCUT2D eigenvalue weighted by molar-refractivity contribution is 8.77. The Morgan fingerprint density at radius 1 is 1.31 bits per heavy atom. The van der Waals surface area contributed by atoms with E-state index in [9.17, 15) is 14.4 Å². The molecule has 3 rings (SSSR count). The minimum absolute atomic E-state index is 0.111. The Hall–Kier alpha value is -1.50. The van der Waals surface area contributed by atoms with Crippen LogP contribution in [-0.2, 0) is 25.5 Å². The van der Waals surface area contributed by atoms with Crippen LogP contribution in [0.1, 0.15) is 17.4 Å². The third-order valence-electron chi connectivity index (χ3n) is 4.79. The maximum absolute atomic E-state index is 13.2. The summed E-state index contributed by atoms with van der Waals surface area (Å²) in [6, 6.07) is 7.19. The summed E-state index contributed by atoms with van der Waals surface area (Å²) in [5.41, 5.74) is 1.18. The number of halogens is 3. The average Bonchev–Trinajstić information content (AvgIpc) is 3.20. The van der Waals surface area contributed by atoms with E-state index in [2.05, 4.69) is 21.5 Å². The predicted molar refractivity (Wildman–Crippen MR) is 141 cm³/mol. The fourth-order valence-electron chi connectivity index (χ4n) is 3.18. The van der Waals surface area contributed by atoms with Gasteiger partial charge in [0, 0.05) is 0 Å². The molecule has 1 fully saturated rings. The Morgan fingerprint density at radius 3 is 2.57 bits per heavy atom. The van der Waals surface area contributed by atoms with Crippen molar-refractivity contribution in [1.82, 2.24) is 19.8 Å². The molecule has 0 bridgehead atoms. The Kier molecular flexibility index (Phi) is 9.75. The van der Waals surface area contributed by atoms with Gasteiger partial charge >= 0.3 is 5.97 Å². The van der Waals surface area contributed by atoms with Gasteiger partial charge in [0.05, 0.1) is 11.3 Å². The molecular formula is C21H21Cl3N4O4S3. The number of amides is 2. The molecule has 2 amide bonds. The molecule has 3 unspecified atom stereocenters. The molecule has 0 aliphatic carbocycles. The number of nitrogens with one attached hydrogen (secondary N) is 1. The van der Waals surface area contributed by atoms with Crippen LogP contribution in [0.2, 0.25) is 0 Å². The van der Waals surface area contributed by atoms with Gasteiger partial charge in [-0.1, -0.05) is 87.0 Å². The van der Waals surface area contributed by atoms with E-state index in [1.807, 2.05) is 37.3 Å². The van der Waals surface area contributed by atoms with E-state index in [0.717, 1.165) is 10.4 Å². The lowest BCUT2D eigenvalue weighted by atomic mass is 9.99. The van der Waals surface area contributed by atoms with Crippen molar-refractivity contribution < 1.29 is 19.1 Å². The lowest BCUT2D eigenvalue weighted by Crippen LogP contribution is -2.73. The van der Waals surface area contributed by atoms with Gasteiger partial charge in [0.1, 0.15) is 23.0 Å². The Bertz CT molecular complexity index is 1100. The normalized spacial score (nSPS) is 18.5. The van der Waals surface area contributed by atoms with Crippen LogP contribution in [0.3, 0.4) is 0 Å². The zero-order valence-corrected chi connectivity index (χ0v) is 23.3. The summed E-state index contributed by atoms with van der Waals surface area (Å²) in [6.07, 6.45) is 0.111. The minimum Gasteiger partial charge on any atom is -0.459 e. The second-order valence-electron chi connectivity index (χ2n) is 7.63. The number of β-lactam (4-membered cyclic amide) rings is 1. The average molecular weight is 596 g/mol. The van der Waals surface area contributed by atoms with Gasteiger partial charge in [0.2, 0.25) is 15.6 Å². The number of aryl methyl sites for hydroxylation is 1. The van der Waals surface area contributed by atoms with E-state index >= 15 is 0 Å². The standard InChI is InChI=1S/C21H21Cl3N4O4S3/c1-11(2)16(20(31)32-10-21(22,23)24)28-18(30)15(19(28)35-34-17-12(3)33-27-26-17)25-14(29)9-13-7-5-4-6-8-13/h4-8,15-16,19H,1,9-10H2,2-3H3,(H,25,29). The van der Waals surface area contributed by atoms with E-state index in [4.69, 9.17) is 39.5 Å². The first kappa shape index (κ1) is 28.1. The molecule has 188 valence electrons. The fraction of sp³-hybridized carbons (Fsp3) is 0.381. The van der Waals surface area contributed by atoms with Crippen LogP contribution in [0.4, 0.5) is 0 Å². The largest absolute Gasteiger partial charge is 0.459 e. The molecule has 3 atom stereocenters. The topological polar surface area (TPSA) is 101 Å². The van der Waals surface area contributed by atoms with Gasteiger partial charge in [-0.15, -0.1) is 5.10 Å². The summed E-state index contributed by atoms with van der Waals surface area (Å²) in [5, 5.41) is 6.92. The first-order chi connectivity index (χ1) is 16.5. The summed E-state index contributed by atoms with van der Waals surface area (Å²) in [5.74, 6) is -1.55. The molecule has 8 nitrogen and oxygen atoms in total. The molecule has 2 heterocycles. The predicted octanol–water partition coefficient (Wildman–Crippen LogP) is 4.34.